The van der Waals surface area contributed by atoms with E-state index in [4.69, 9.17) is 28.3 Å². The first-order chi connectivity index (χ1) is 13.9. The first-order valence-electron chi connectivity index (χ1n) is 6.95. The van der Waals surface area contributed by atoms with Gasteiger partial charge in [0.1, 0.15) is 0 Å². The Morgan fingerprint density at radius 1 is 0.625 bits per heavy atom. The third kappa shape index (κ3) is 14.8. The molecule has 32 heavy (non-hydrogen) atoms. The minimum absolute atomic E-state index is 0.0490. The molecule has 1 N–H and O–H groups in total. The zero-order chi connectivity index (χ0) is 26.7. The zero-order valence-electron chi connectivity index (χ0n) is 14.8. The molecule has 0 saturated heterocycles. The van der Waals surface area contributed by atoms with Crippen LogP contribution in [0.2, 0.25) is 0 Å². The van der Waals surface area contributed by atoms with Crippen LogP contribution in [0.3, 0.4) is 0 Å². The average Bonchev–Trinajstić information content (AvgIpc) is 2.52. The zero-order valence-corrected chi connectivity index (χ0v) is 18.8. The maximum absolute atomic E-state index is 11.5. The van der Waals surface area contributed by atoms with Crippen molar-refractivity contribution in [2.45, 2.75) is 29.4 Å². The normalized spacial score (nSPS) is 13.5. The molecule has 0 heterocycles. The van der Waals surface area contributed by atoms with Gasteiger partial charge in [0, 0.05) is 18.4 Å². The van der Waals surface area contributed by atoms with Crippen molar-refractivity contribution in [3.63, 3.8) is 0 Å². The third-order valence-electron chi connectivity index (χ3n) is 1.84. The Morgan fingerprint density at radius 2 is 0.938 bits per heavy atom. The monoisotopic (exact) mass is 602 g/mol. The molecule has 0 aromatic rings. The van der Waals surface area contributed by atoms with Crippen LogP contribution in [0.1, 0.15) is 12.8 Å². The summed E-state index contributed by atoms with van der Waals surface area (Å²) in [6.45, 7) is -0.338. The van der Waals surface area contributed by atoms with E-state index in [0.717, 1.165) is 0 Å². The first kappa shape index (κ1) is 36.3. The van der Waals surface area contributed by atoms with Gasteiger partial charge in [-0.2, -0.15) is 64.8 Å². The Balaban J connectivity index is -0.000000441. The second-order valence-electron chi connectivity index (χ2n) is 4.40. The van der Waals surface area contributed by atoms with Crippen LogP contribution in [0.4, 0.5) is 39.5 Å². The molecule has 0 fully saturated rings. The minimum Gasteiger partial charge on any atom is -0.396 e. The van der Waals surface area contributed by atoms with Crippen molar-refractivity contribution in [3.8, 4) is 0 Å². The fourth-order valence-electron chi connectivity index (χ4n) is 0.545. The summed E-state index contributed by atoms with van der Waals surface area (Å²) in [7, 11) is -19.1. The van der Waals surface area contributed by atoms with Gasteiger partial charge in [-0.05, 0) is 12.8 Å². The second kappa shape index (κ2) is 14.2. The number of halogens is 11. The van der Waals surface area contributed by atoms with Crippen LogP contribution < -0.4 is 0 Å². The highest BCUT2D eigenvalue weighted by Crippen LogP contribution is 2.32. The Kier molecular flexibility index (Phi) is 16.0. The van der Waals surface area contributed by atoms with E-state index in [1.807, 2.05) is 3.63 Å². The van der Waals surface area contributed by atoms with Gasteiger partial charge in [0.25, 0.3) is 0 Å². The van der Waals surface area contributed by atoms with E-state index >= 15 is 0 Å². The number of rotatable bonds is 8. The number of aliphatic hydroxyl groups is 1. The summed E-state index contributed by atoms with van der Waals surface area (Å²) in [4.78, 5) is 0. The molecule has 0 aliphatic rings. The lowest BCUT2D eigenvalue weighted by atomic mass is 10.5. The van der Waals surface area contributed by atoms with Crippen LogP contribution in [0.5, 0.6) is 0 Å². The molecule has 23 heteroatoms. The van der Waals surface area contributed by atoms with Crippen molar-refractivity contribution < 1.29 is 77.7 Å². The van der Waals surface area contributed by atoms with Gasteiger partial charge >= 0.3 is 46.9 Å². The Hall–Kier alpha value is -0.320. The molecular formula is C9H13Cl2F9O9S3. The lowest BCUT2D eigenvalue weighted by Gasteiger charge is -2.09. The standard InChI is InChI=1S/C4H6ClF3O3S.C3H7ClO.C2F6O5S2/c5-2-1-3-11-12(9,10)4(6,7)8;4-2-1-3-5;3-1(4,5)14(9,10)13-15(11,12)2(6,7)8/h1-3H2;5H,1-3H2;. The van der Waals surface area contributed by atoms with Gasteiger partial charge in [-0.3, -0.25) is 4.18 Å². The second-order valence-corrected chi connectivity index (χ2v) is 10.0. The number of hydrogen-bond donors (Lipinski definition) is 1. The van der Waals surface area contributed by atoms with E-state index in [2.05, 4.69) is 4.18 Å². The molecule has 0 unspecified atom stereocenters. The van der Waals surface area contributed by atoms with E-state index in [-0.39, 0.29) is 18.9 Å². The third-order valence-corrected chi connectivity index (χ3v) is 5.98. The van der Waals surface area contributed by atoms with Crippen LogP contribution in [-0.4, -0.2) is 71.9 Å². The summed E-state index contributed by atoms with van der Waals surface area (Å²) in [5.74, 6) is 0.615. The Morgan fingerprint density at radius 3 is 1.12 bits per heavy atom. The van der Waals surface area contributed by atoms with Gasteiger partial charge in [0.15, 0.2) is 0 Å². The van der Waals surface area contributed by atoms with Crippen LogP contribution >= 0.6 is 23.2 Å². The quantitative estimate of drug-likeness (QED) is 0.146. The van der Waals surface area contributed by atoms with Gasteiger partial charge in [0.2, 0.25) is 0 Å². The van der Waals surface area contributed by atoms with Crippen LogP contribution in [0.25, 0.3) is 0 Å². The highest BCUT2D eigenvalue weighted by atomic mass is 35.5. The molecule has 198 valence electrons. The topological polar surface area (TPSA) is 141 Å². The van der Waals surface area contributed by atoms with Gasteiger partial charge in [-0.1, -0.05) is 0 Å². The largest absolute Gasteiger partial charge is 0.524 e. The van der Waals surface area contributed by atoms with E-state index in [1.165, 1.54) is 0 Å². The number of aliphatic hydroxyl groups excluding tert-OH is 1. The van der Waals surface area contributed by atoms with Crippen molar-refractivity contribution in [3.05, 3.63) is 0 Å². The lowest BCUT2D eigenvalue weighted by molar-refractivity contribution is -0.0586. The summed E-state index contributed by atoms with van der Waals surface area (Å²) >= 11 is 10.2. The van der Waals surface area contributed by atoms with Crippen LogP contribution in [0.15, 0.2) is 0 Å². The molecule has 9 nitrogen and oxygen atoms in total. The summed E-state index contributed by atoms with van der Waals surface area (Å²) in [5, 5.41) is 7.98. The van der Waals surface area contributed by atoms with E-state index < -0.39 is 53.5 Å². The molecule has 0 atom stereocenters. The number of hydrogen-bond acceptors (Lipinski definition) is 9. The van der Waals surface area contributed by atoms with Gasteiger partial charge in [0.05, 0.1) is 6.61 Å². The Labute approximate surface area is 185 Å². The van der Waals surface area contributed by atoms with Gasteiger partial charge in [-0.15, -0.1) is 26.8 Å². The van der Waals surface area contributed by atoms with E-state index in [9.17, 15) is 64.8 Å². The van der Waals surface area contributed by atoms with Crippen molar-refractivity contribution in [1.82, 2.24) is 0 Å². The Bertz CT molecular complexity index is 790. The SMILES string of the molecule is O=S(=O)(OCCCCl)C(F)(F)F.O=S(=O)(OS(=O)(=O)C(F)(F)F)C(F)(F)F.OCCCCl. The molecule has 0 aliphatic carbocycles. The molecule has 0 rings (SSSR count). The minimum atomic E-state index is -6.85. The van der Waals surface area contributed by atoms with Gasteiger partial charge < -0.3 is 5.11 Å². The molecule has 0 aliphatic heterocycles. The predicted octanol–water partition coefficient (Wildman–Crippen LogP) is 2.79. The van der Waals surface area contributed by atoms with Crippen LogP contribution in [0, 0.1) is 0 Å². The highest BCUT2D eigenvalue weighted by Gasteiger charge is 2.57. The summed E-state index contributed by atoms with van der Waals surface area (Å²) in [6.07, 6.45) is 0.762. The molecule has 0 saturated carbocycles. The summed E-state index contributed by atoms with van der Waals surface area (Å²) < 4.78 is 168. The van der Waals surface area contributed by atoms with Gasteiger partial charge in [-0.25, -0.2) is 0 Å². The fraction of sp³-hybridized carbons (Fsp3) is 1.00. The van der Waals surface area contributed by atoms with E-state index in [0.29, 0.717) is 12.3 Å². The molecule has 0 bridgehead atoms. The molecule has 0 aromatic heterocycles. The van der Waals surface area contributed by atoms with Crippen molar-refractivity contribution >= 4 is 53.6 Å². The maximum Gasteiger partial charge on any atom is 0.524 e. The molecular weight excluding hydrogens is 590 g/mol. The van der Waals surface area contributed by atoms with Crippen molar-refractivity contribution in [2.24, 2.45) is 0 Å². The van der Waals surface area contributed by atoms with Crippen LogP contribution in [-0.2, 0) is 38.2 Å². The van der Waals surface area contributed by atoms with Crippen molar-refractivity contribution in [1.29, 1.82) is 0 Å². The average molecular weight is 603 g/mol. The predicted molar refractivity (Wildman–Crippen MR) is 89.7 cm³/mol. The van der Waals surface area contributed by atoms with Crippen molar-refractivity contribution in [2.75, 3.05) is 25.0 Å². The summed E-state index contributed by atoms with van der Waals surface area (Å²) in [6, 6.07) is 0. The molecule has 0 amide bonds. The first-order valence-corrected chi connectivity index (χ1v) is 12.2. The smallest absolute Gasteiger partial charge is 0.396 e. The lowest BCUT2D eigenvalue weighted by Crippen LogP contribution is -2.34. The maximum atomic E-state index is 11.5. The summed E-state index contributed by atoms with van der Waals surface area (Å²) in [5.41, 5.74) is -17.9. The molecule has 0 aromatic carbocycles. The highest BCUT2D eigenvalue weighted by molar-refractivity contribution is 8.00. The van der Waals surface area contributed by atoms with E-state index in [1.54, 1.807) is 0 Å². The fourth-order valence-corrected chi connectivity index (χ4v) is 2.81. The number of alkyl halides is 11. The molecule has 0 radical (unpaired) electrons. The molecule has 0 spiro atoms.